The van der Waals surface area contributed by atoms with Gasteiger partial charge in [0.2, 0.25) is 0 Å². The summed E-state index contributed by atoms with van der Waals surface area (Å²) >= 11 is 0. The number of hydrogen-bond donors (Lipinski definition) is 1. The Morgan fingerprint density at radius 1 is 1.46 bits per heavy atom. The first-order valence-electron chi connectivity index (χ1n) is 3.19. The average molecular weight is 214 g/mol. The van der Waals surface area contributed by atoms with Crippen molar-refractivity contribution in [3.8, 4) is 0 Å². The molecule has 1 rings (SSSR count). The molecule has 1 aliphatic rings. The van der Waals surface area contributed by atoms with Crippen molar-refractivity contribution >= 4 is 10.1 Å². The summed E-state index contributed by atoms with van der Waals surface area (Å²) in [7, 11) is -4.81. The highest BCUT2D eigenvalue weighted by molar-refractivity contribution is 7.90. The van der Waals surface area contributed by atoms with Crippen LogP contribution in [0.15, 0.2) is 22.6 Å². The van der Waals surface area contributed by atoms with Gasteiger partial charge in [0.1, 0.15) is 16.6 Å². The fourth-order valence-corrected chi connectivity index (χ4v) is 1.49. The zero-order chi connectivity index (χ0) is 10.2. The zero-order valence-electron chi connectivity index (χ0n) is 6.17. The van der Waals surface area contributed by atoms with Crippen molar-refractivity contribution in [1.82, 2.24) is 0 Å². The Labute approximate surface area is 72.3 Å². The molecule has 7 heteroatoms. The van der Waals surface area contributed by atoms with Crippen LogP contribution in [0.4, 0.5) is 13.2 Å². The Kier molecular flexibility index (Phi) is 2.49. The number of hydrogen-bond acceptors (Lipinski definition) is 2. The molecule has 0 aliphatic heterocycles. The van der Waals surface area contributed by atoms with Crippen molar-refractivity contribution in [1.29, 1.82) is 0 Å². The van der Waals surface area contributed by atoms with E-state index in [9.17, 15) is 21.6 Å². The molecule has 0 bridgehead atoms. The van der Waals surface area contributed by atoms with Gasteiger partial charge in [-0.05, 0) is 6.08 Å². The number of halogens is 3. The van der Waals surface area contributed by atoms with Gasteiger partial charge in [-0.1, -0.05) is 0 Å². The molecule has 0 heterocycles. The monoisotopic (exact) mass is 214 g/mol. The smallest absolute Gasteiger partial charge is 0.282 e. The molecule has 0 saturated heterocycles. The molecule has 0 aromatic carbocycles. The highest BCUT2D eigenvalue weighted by Gasteiger charge is 2.29. The van der Waals surface area contributed by atoms with Gasteiger partial charge in [-0.3, -0.25) is 4.55 Å². The van der Waals surface area contributed by atoms with Crippen LogP contribution in [0.25, 0.3) is 0 Å². The molecule has 3 nitrogen and oxygen atoms in total. The molecule has 0 spiro atoms. The van der Waals surface area contributed by atoms with Crippen LogP contribution in [-0.2, 0) is 10.1 Å². The molecule has 0 amide bonds. The van der Waals surface area contributed by atoms with E-state index < -0.39 is 39.3 Å². The van der Waals surface area contributed by atoms with Crippen molar-refractivity contribution in [3.63, 3.8) is 0 Å². The number of rotatable bonds is 1. The SMILES string of the molecule is O=S(=O)(O)C1=C(F)CC(F)C(F)=C1. The molecule has 1 N–H and O–H groups in total. The van der Waals surface area contributed by atoms with Gasteiger partial charge in [0.05, 0.1) is 0 Å². The van der Waals surface area contributed by atoms with Crippen LogP contribution in [0.3, 0.4) is 0 Å². The molecule has 0 radical (unpaired) electrons. The van der Waals surface area contributed by atoms with Crippen LogP contribution in [0.1, 0.15) is 6.42 Å². The van der Waals surface area contributed by atoms with Gasteiger partial charge >= 0.3 is 0 Å². The van der Waals surface area contributed by atoms with Gasteiger partial charge in [-0.2, -0.15) is 8.42 Å². The van der Waals surface area contributed by atoms with Crippen molar-refractivity contribution in [2.75, 3.05) is 0 Å². The van der Waals surface area contributed by atoms with Crippen molar-refractivity contribution in [2.45, 2.75) is 12.6 Å². The lowest BCUT2D eigenvalue weighted by Gasteiger charge is -2.11. The molecule has 0 saturated carbocycles. The van der Waals surface area contributed by atoms with Crippen LogP contribution in [0.2, 0.25) is 0 Å². The average Bonchev–Trinajstić information content (AvgIpc) is 1.94. The Morgan fingerprint density at radius 2 is 2.00 bits per heavy atom. The molecule has 1 aliphatic carbocycles. The molecule has 0 fully saturated rings. The van der Waals surface area contributed by atoms with E-state index in [1.54, 1.807) is 0 Å². The van der Waals surface area contributed by atoms with E-state index in [0.717, 1.165) is 0 Å². The topological polar surface area (TPSA) is 54.4 Å². The maximum atomic E-state index is 12.7. The van der Waals surface area contributed by atoms with Crippen LogP contribution in [-0.4, -0.2) is 19.1 Å². The number of allylic oxidation sites excluding steroid dienone is 3. The summed E-state index contributed by atoms with van der Waals surface area (Å²) in [4.78, 5) is -1.21. The quantitative estimate of drug-likeness (QED) is 0.675. The number of alkyl halides is 1. The predicted octanol–water partition coefficient (Wildman–Crippen LogP) is 1.65. The Morgan fingerprint density at radius 3 is 2.46 bits per heavy atom. The zero-order valence-corrected chi connectivity index (χ0v) is 6.98. The van der Waals surface area contributed by atoms with Gasteiger partial charge in [0.15, 0.2) is 6.17 Å². The third-order valence-corrected chi connectivity index (χ3v) is 2.37. The lowest BCUT2D eigenvalue weighted by molar-refractivity contribution is 0.302. The Hall–Kier alpha value is -0.820. The van der Waals surface area contributed by atoms with E-state index in [1.807, 2.05) is 0 Å². The summed E-state index contributed by atoms with van der Waals surface area (Å²) in [5, 5.41) is 0. The third kappa shape index (κ3) is 2.10. The normalized spacial score (nSPS) is 24.6. The summed E-state index contributed by atoms with van der Waals surface area (Å²) in [6.45, 7) is 0. The van der Waals surface area contributed by atoms with Gasteiger partial charge in [-0.15, -0.1) is 0 Å². The van der Waals surface area contributed by atoms with Crippen LogP contribution < -0.4 is 0 Å². The fourth-order valence-electron chi connectivity index (χ4n) is 0.864. The van der Waals surface area contributed by atoms with Crippen LogP contribution >= 0.6 is 0 Å². The van der Waals surface area contributed by atoms with Crippen LogP contribution in [0, 0.1) is 0 Å². The van der Waals surface area contributed by atoms with Crippen molar-refractivity contribution < 1.29 is 26.1 Å². The molecule has 74 valence electrons. The van der Waals surface area contributed by atoms with Gasteiger partial charge in [0.25, 0.3) is 10.1 Å². The standard InChI is InChI=1S/C6H5F3O3S/c7-3-1-5(9)6(2-4(3)8)13(10,11)12/h2-3H,1H2,(H,10,11,12). The first kappa shape index (κ1) is 10.3. The first-order chi connectivity index (χ1) is 5.82. The Balaban J connectivity index is 3.21. The summed E-state index contributed by atoms with van der Waals surface area (Å²) in [6, 6.07) is 0. The second-order valence-corrected chi connectivity index (χ2v) is 3.84. The lowest BCUT2D eigenvalue weighted by atomic mass is 10.1. The molecule has 0 aromatic rings. The summed E-state index contributed by atoms with van der Waals surface area (Å²) < 4.78 is 66.6. The minimum atomic E-state index is -4.81. The van der Waals surface area contributed by atoms with Gasteiger partial charge < -0.3 is 0 Å². The van der Waals surface area contributed by atoms with E-state index >= 15 is 0 Å². The Bertz CT molecular complexity index is 382. The van der Waals surface area contributed by atoms with E-state index in [-0.39, 0.29) is 6.08 Å². The molecule has 1 unspecified atom stereocenters. The van der Waals surface area contributed by atoms with Crippen LogP contribution in [0.5, 0.6) is 0 Å². The molecule has 13 heavy (non-hydrogen) atoms. The maximum Gasteiger partial charge on any atom is 0.297 e. The summed E-state index contributed by atoms with van der Waals surface area (Å²) in [5.41, 5.74) is 0. The predicted molar refractivity (Wildman–Crippen MR) is 38.4 cm³/mol. The van der Waals surface area contributed by atoms with E-state index in [1.165, 1.54) is 0 Å². The molecular formula is C6H5F3O3S. The van der Waals surface area contributed by atoms with E-state index in [2.05, 4.69) is 0 Å². The molecule has 1 atom stereocenters. The highest BCUT2D eigenvalue weighted by Crippen LogP contribution is 2.30. The van der Waals surface area contributed by atoms with Crippen molar-refractivity contribution in [2.24, 2.45) is 0 Å². The second kappa shape index (κ2) is 3.15. The van der Waals surface area contributed by atoms with Gasteiger partial charge in [0, 0.05) is 6.42 Å². The van der Waals surface area contributed by atoms with E-state index in [0.29, 0.717) is 0 Å². The summed E-state index contributed by atoms with van der Waals surface area (Å²) in [5.74, 6) is -2.79. The largest absolute Gasteiger partial charge is 0.297 e. The third-order valence-electron chi connectivity index (χ3n) is 1.47. The minimum absolute atomic E-state index is 0.138. The highest BCUT2D eigenvalue weighted by atomic mass is 32.2. The summed E-state index contributed by atoms with van der Waals surface area (Å²) in [6.07, 6.45) is -3.04. The molecule has 0 aromatic heterocycles. The second-order valence-electron chi connectivity index (χ2n) is 2.45. The van der Waals surface area contributed by atoms with Gasteiger partial charge in [-0.25, -0.2) is 13.2 Å². The van der Waals surface area contributed by atoms with E-state index in [4.69, 9.17) is 4.55 Å². The maximum absolute atomic E-state index is 12.7. The minimum Gasteiger partial charge on any atom is -0.282 e. The van der Waals surface area contributed by atoms with Crippen molar-refractivity contribution in [3.05, 3.63) is 22.6 Å². The fraction of sp³-hybridized carbons (Fsp3) is 0.333. The first-order valence-corrected chi connectivity index (χ1v) is 4.63. The molecular weight excluding hydrogens is 209 g/mol. The lowest BCUT2D eigenvalue weighted by Crippen LogP contribution is -2.12.